The molecule has 19 heavy (non-hydrogen) atoms. The summed E-state index contributed by atoms with van der Waals surface area (Å²) >= 11 is 1.34. The molecular weight excluding hydrogens is 260 g/mol. The average molecular weight is 282 g/mol. The maximum absolute atomic E-state index is 10.7. The minimum Gasteiger partial charge on any atom is -0.481 e. The van der Waals surface area contributed by atoms with Crippen LogP contribution in [-0.4, -0.2) is 26.4 Å². The molecule has 2 rings (SSSR count). The first-order valence-corrected chi connectivity index (χ1v) is 8.11. The summed E-state index contributed by atoms with van der Waals surface area (Å²) in [4.78, 5) is 15.2. The van der Waals surface area contributed by atoms with Crippen molar-refractivity contribution in [3.63, 3.8) is 0 Å². The Balaban J connectivity index is 2.19. The molecule has 0 amide bonds. The lowest BCUT2D eigenvalue weighted by Gasteiger charge is -2.21. The van der Waals surface area contributed by atoms with Gasteiger partial charge in [0.2, 0.25) is 0 Å². The van der Waals surface area contributed by atoms with Crippen LogP contribution in [0.3, 0.4) is 0 Å². The number of aliphatic carboxylic acids is 1. The van der Waals surface area contributed by atoms with E-state index < -0.39 is 5.97 Å². The fourth-order valence-electron chi connectivity index (χ4n) is 2.78. The average Bonchev–Trinajstić information content (AvgIpc) is 2.61. The molecule has 0 radical (unpaired) electrons. The van der Waals surface area contributed by atoms with E-state index in [-0.39, 0.29) is 5.75 Å². The van der Waals surface area contributed by atoms with E-state index in [9.17, 15) is 4.79 Å². The monoisotopic (exact) mass is 282 g/mol. The summed E-state index contributed by atoms with van der Waals surface area (Å²) < 4.78 is 2.30. The smallest absolute Gasteiger partial charge is 0.313 e. The van der Waals surface area contributed by atoms with Gasteiger partial charge in [0.25, 0.3) is 0 Å². The van der Waals surface area contributed by atoms with Gasteiger partial charge in [-0.1, -0.05) is 44.4 Å². The van der Waals surface area contributed by atoms with Gasteiger partial charge < -0.3 is 9.67 Å². The van der Waals surface area contributed by atoms with Crippen LogP contribution in [0.15, 0.2) is 11.4 Å². The summed E-state index contributed by atoms with van der Waals surface area (Å²) in [5.74, 6) is -0.689. The predicted molar refractivity (Wildman–Crippen MR) is 76.7 cm³/mol. The Kier molecular flexibility index (Phi) is 5.31. The molecule has 1 aliphatic carbocycles. The SMILES string of the molecule is CCc1cnc(SCC(=O)O)n1C1CCCCCC1. The molecule has 1 aromatic heterocycles. The summed E-state index contributed by atoms with van der Waals surface area (Å²) in [6, 6.07) is 0.510. The fraction of sp³-hybridized carbons (Fsp3) is 0.714. The molecule has 1 saturated carbocycles. The fourth-order valence-corrected chi connectivity index (χ4v) is 3.56. The third-order valence-electron chi connectivity index (χ3n) is 3.72. The highest BCUT2D eigenvalue weighted by Gasteiger charge is 2.20. The lowest BCUT2D eigenvalue weighted by molar-refractivity contribution is -0.133. The second-order valence-corrected chi connectivity index (χ2v) is 6.03. The number of hydrogen-bond acceptors (Lipinski definition) is 3. The van der Waals surface area contributed by atoms with Crippen LogP contribution in [0.4, 0.5) is 0 Å². The van der Waals surface area contributed by atoms with Crippen molar-refractivity contribution in [3.8, 4) is 0 Å². The maximum Gasteiger partial charge on any atom is 0.313 e. The van der Waals surface area contributed by atoms with Crippen molar-refractivity contribution in [2.75, 3.05) is 5.75 Å². The van der Waals surface area contributed by atoms with E-state index in [1.807, 2.05) is 6.20 Å². The molecule has 0 saturated heterocycles. The van der Waals surface area contributed by atoms with Gasteiger partial charge in [-0.25, -0.2) is 4.98 Å². The number of hydrogen-bond donors (Lipinski definition) is 1. The summed E-state index contributed by atoms with van der Waals surface area (Å²) in [7, 11) is 0. The van der Waals surface area contributed by atoms with E-state index in [0.717, 1.165) is 11.6 Å². The second kappa shape index (κ2) is 6.98. The normalized spacial score (nSPS) is 17.3. The van der Waals surface area contributed by atoms with E-state index in [0.29, 0.717) is 6.04 Å². The summed E-state index contributed by atoms with van der Waals surface area (Å²) in [5, 5.41) is 9.71. The molecule has 5 heteroatoms. The third-order valence-corrected chi connectivity index (χ3v) is 4.67. The molecule has 0 bridgehead atoms. The first kappa shape index (κ1) is 14.4. The molecule has 1 N–H and O–H groups in total. The molecule has 0 spiro atoms. The van der Waals surface area contributed by atoms with Crippen molar-refractivity contribution in [1.82, 2.24) is 9.55 Å². The molecule has 0 unspecified atom stereocenters. The van der Waals surface area contributed by atoms with Crippen molar-refractivity contribution >= 4 is 17.7 Å². The highest BCUT2D eigenvalue weighted by atomic mass is 32.2. The van der Waals surface area contributed by atoms with Crippen molar-refractivity contribution in [2.45, 2.75) is 63.1 Å². The summed E-state index contributed by atoms with van der Waals surface area (Å²) in [5.41, 5.74) is 1.24. The van der Waals surface area contributed by atoms with Crippen molar-refractivity contribution in [1.29, 1.82) is 0 Å². The standard InChI is InChI=1S/C14H22N2O2S/c1-2-11-9-15-14(19-10-13(17)18)16(11)12-7-5-3-4-6-8-12/h9,12H,2-8,10H2,1H3,(H,17,18). The van der Waals surface area contributed by atoms with Crippen LogP contribution in [0.25, 0.3) is 0 Å². The number of carboxylic acids is 1. The Labute approximate surface area is 118 Å². The Hall–Kier alpha value is -0.970. The highest BCUT2D eigenvalue weighted by molar-refractivity contribution is 7.99. The minimum atomic E-state index is -0.779. The first-order valence-electron chi connectivity index (χ1n) is 7.13. The number of thioether (sulfide) groups is 1. The number of nitrogens with zero attached hydrogens (tertiary/aromatic N) is 2. The first-order chi connectivity index (χ1) is 9.22. The van der Waals surface area contributed by atoms with Gasteiger partial charge in [0.1, 0.15) is 0 Å². The number of carbonyl (C=O) groups is 1. The van der Waals surface area contributed by atoms with Crippen molar-refractivity contribution < 1.29 is 9.90 Å². The van der Waals surface area contributed by atoms with E-state index in [1.165, 1.54) is 56.0 Å². The summed E-state index contributed by atoms with van der Waals surface area (Å²) in [6.45, 7) is 2.13. The van der Waals surface area contributed by atoms with Crippen LogP contribution in [0, 0.1) is 0 Å². The van der Waals surface area contributed by atoms with Crippen molar-refractivity contribution in [2.24, 2.45) is 0 Å². The zero-order valence-corrected chi connectivity index (χ0v) is 12.3. The molecule has 0 aliphatic heterocycles. The van der Waals surface area contributed by atoms with Gasteiger partial charge in [0.05, 0.1) is 5.75 Å². The number of aryl methyl sites for hydroxylation is 1. The Morgan fingerprint density at radius 1 is 1.42 bits per heavy atom. The minimum absolute atomic E-state index is 0.0902. The molecule has 1 fully saturated rings. The van der Waals surface area contributed by atoms with E-state index in [1.54, 1.807) is 0 Å². The molecule has 0 atom stereocenters. The zero-order chi connectivity index (χ0) is 13.7. The second-order valence-electron chi connectivity index (χ2n) is 5.08. The van der Waals surface area contributed by atoms with Gasteiger partial charge >= 0.3 is 5.97 Å². The van der Waals surface area contributed by atoms with Crippen molar-refractivity contribution in [3.05, 3.63) is 11.9 Å². The molecular formula is C14H22N2O2S. The lowest BCUT2D eigenvalue weighted by Crippen LogP contribution is -2.13. The van der Waals surface area contributed by atoms with Gasteiger partial charge in [0.15, 0.2) is 5.16 Å². The third kappa shape index (κ3) is 3.75. The van der Waals surface area contributed by atoms with E-state index in [4.69, 9.17) is 5.11 Å². The van der Waals surface area contributed by atoms with Gasteiger partial charge in [-0.3, -0.25) is 4.79 Å². The largest absolute Gasteiger partial charge is 0.481 e. The molecule has 4 nitrogen and oxygen atoms in total. The molecule has 106 valence electrons. The van der Waals surface area contributed by atoms with Crippen LogP contribution < -0.4 is 0 Å². The topological polar surface area (TPSA) is 55.1 Å². The number of imidazole rings is 1. The van der Waals surface area contributed by atoms with Gasteiger partial charge in [-0.2, -0.15) is 0 Å². The van der Waals surface area contributed by atoms with Gasteiger partial charge in [-0.15, -0.1) is 0 Å². The zero-order valence-electron chi connectivity index (χ0n) is 11.5. The quantitative estimate of drug-likeness (QED) is 0.663. The molecule has 0 aromatic carbocycles. The Bertz CT molecular complexity index is 423. The van der Waals surface area contributed by atoms with Crippen LogP contribution in [0.5, 0.6) is 0 Å². The number of carboxylic acid groups (broad SMARTS) is 1. The molecule has 1 aliphatic rings. The van der Waals surface area contributed by atoms with Crippen LogP contribution in [0.2, 0.25) is 0 Å². The van der Waals surface area contributed by atoms with Gasteiger partial charge in [0, 0.05) is 17.9 Å². The highest BCUT2D eigenvalue weighted by Crippen LogP contribution is 2.32. The van der Waals surface area contributed by atoms with Crippen LogP contribution in [-0.2, 0) is 11.2 Å². The molecule has 1 heterocycles. The van der Waals surface area contributed by atoms with Gasteiger partial charge in [-0.05, 0) is 19.3 Å². The van der Waals surface area contributed by atoms with E-state index in [2.05, 4.69) is 16.5 Å². The maximum atomic E-state index is 10.7. The Morgan fingerprint density at radius 2 is 2.11 bits per heavy atom. The summed E-state index contributed by atoms with van der Waals surface area (Å²) in [6.07, 6.45) is 10.5. The number of rotatable bonds is 5. The van der Waals surface area contributed by atoms with E-state index >= 15 is 0 Å². The molecule has 1 aromatic rings. The number of aromatic nitrogens is 2. The Morgan fingerprint density at radius 3 is 2.68 bits per heavy atom. The lowest BCUT2D eigenvalue weighted by atomic mass is 10.1. The van der Waals surface area contributed by atoms with Crippen LogP contribution in [0.1, 0.15) is 57.2 Å². The predicted octanol–water partition coefficient (Wildman–Crippen LogP) is 3.52. The van der Waals surface area contributed by atoms with Crippen LogP contribution >= 0.6 is 11.8 Å².